The van der Waals surface area contributed by atoms with Crippen molar-refractivity contribution in [3.8, 4) is 33.6 Å². The summed E-state index contributed by atoms with van der Waals surface area (Å²) in [7, 11) is 0. The molecule has 3 nitrogen and oxygen atoms in total. The number of hydrogen-bond donors (Lipinski definition) is 0. The molecule has 4 heterocycles. The van der Waals surface area contributed by atoms with Gasteiger partial charge in [0.15, 0.2) is 0 Å². The van der Waals surface area contributed by atoms with E-state index in [0.717, 1.165) is 12.8 Å². The van der Waals surface area contributed by atoms with Crippen molar-refractivity contribution >= 4 is 55.0 Å². The normalized spacial score (nSPS) is 13.7. The molecule has 0 aliphatic carbocycles. The molecule has 254 valence electrons. The Kier molecular flexibility index (Phi) is 6.23. The van der Waals surface area contributed by atoms with Crippen molar-refractivity contribution in [1.29, 1.82) is 0 Å². The average Bonchev–Trinajstić information content (AvgIpc) is 3.98. The molecular weight excluding hydrogens is 655 g/mol. The van der Waals surface area contributed by atoms with Crippen LogP contribution in [0.3, 0.4) is 0 Å². The molecule has 2 aliphatic heterocycles. The molecule has 0 saturated carbocycles. The molecule has 12 rings (SSSR count). The Morgan fingerprint density at radius 2 is 0.778 bits per heavy atom. The molecule has 0 N–H and O–H groups in total. The van der Waals surface area contributed by atoms with Gasteiger partial charge in [-0.05, 0) is 107 Å². The second-order valence-corrected chi connectivity index (χ2v) is 14.9. The SMILES string of the molecule is c1ccc(-c2cccc(-n3c4ccccc4c4c5c(ccc43)N3c4ccc6c(c4CC3C5)c3ccccc3n6-c3cccc(-c4ccccc4)c3)c2)cc1. The summed E-state index contributed by atoms with van der Waals surface area (Å²) in [5.74, 6) is 0. The number of benzene rings is 8. The van der Waals surface area contributed by atoms with Gasteiger partial charge in [-0.2, -0.15) is 0 Å². The Balaban J connectivity index is 1.02. The molecule has 0 unspecified atom stereocenters. The zero-order valence-corrected chi connectivity index (χ0v) is 29.7. The van der Waals surface area contributed by atoms with E-state index in [1.54, 1.807) is 0 Å². The van der Waals surface area contributed by atoms with E-state index in [2.05, 4.69) is 196 Å². The maximum Gasteiger partial charge on any atom is 0.0545 e. The molecule has 0 radical (unpaired) electrons. The van der Waals surface area contributed by atoms with Crippen molar-refractivity contribution in [2.24, 2.45) is 0 Å². The molecule has 0 spiro atoms. The third-order valence-electron chi connectivity index (χ3n) is 12.0. The number of fused-ring (bicyclic) bond motifs is 13. The fourth-order valence-corrected chi connectivity index (χ4v) is 9.82. The predicted molar refractivity (Wildman–Crippen MR) is 226 cm³/mol. The summed E-state index contributed by atoms with van der Waals surface area (Å²) in [6.07, 6.45) is 2.05. The van der Waals surface area contributed by atoms with E-state index in [1.165, 1.54) is 99.7 Å². The van der Waals surface area contributed by atoms with Crippen molar-refractivity contribution in [2.75, 3.05) is 4.90 Å². The fraction of sp³-hybridized carbons (Fsp3) is 0.0588. The Hall–Kier alpha value is -6.84. The standard InChI is InChI=1S/C51H35N3/c1-3-13-33(14-4-1)35-17-11-19-37(29-35)52-44-23-9-7-21-40(44)50-42-31-39-32-43-47(54(39)46(42)25-27-48(50)52)26-28-49-51(43)41-22-8-10-24-45(41)53(49)38-20-12-18-36(30-38)34-15-5-2-6-16-34/h1-30,39H,31-32H2. The lowest BCUT2D eigenvalue weighted by Crippen LogP contribution is -2.22. The van der Waals surface area contributed by atoms with Crippen LogP contribution in [0.4, 0.5) is 11.4 Å². The van der Waals surface area contributed by atoms with Crippen LogP contribution in [0.1, 0.15) is 11.1 Å². The minimum atomic E-state index is 0.387. The van der Waals surface area contributed by atoms with Crippen LogP contribution < -0.4 is 4.90 Å². The second-order valence-electron chi connectivity index (χ2n) is 14.9. The van der Waals surface area contributed by atoms with Crippen molar-refractivity contribution in [3.63, 3.8) is 0 Å². The zero-order valence-electron chi connectivity index (χ0n) is 29.7. The maximum absolute atomic E-state index is 2.66. The van der Waals surface area contributed by atoms with Gasteiger partial charge in [-0.3, -0.25) is 0 Å². The molecule has 0 fully saturated rings. The van der Waals surface area contributed by atoms with Crippen LogP contribution in [0.15, 0.2) is 182 Å². The van der Waals surface area contributed by atoms with Gasteiger partial charge in [0.25, 0.3) is 0 Å². The van der Waals surface area contributed by atoms with Crippen LogP contribution in [0.2, 0.25) is 0 Å². The van der Waals surface area contributed by atoms with Crippen LogP contribution in [-0.4, -0.2) is 15.2 Å². The first-order valence-corrected chi connectivity index (χ1v) is 19.0. The molecule has 10 aromatic rings. The summed E-state index contributed by atoms with van der Waals surface area (Å²) in [5, 5.41) is 5.43. The van der Waals surface area contributed by atoms with Crippen LogP contribution >= 0.6 is 0 Å². The summed E-state index contributed by atoms with van der Waals surface area (Å²) in [4.78, 5) is 2.66. The smallest absolute Gasteiger partial charge is 0.0545 e. The van der Waals surface area contributed by atoms with E-state index in [0.29, 0.717) is 6.04 Å². The van der Waals surface area contributed by atoms with Gasteiger partial charge in [0.05, 0.1) is 22.1 Å². The lowest BCUT2D eigenvalue weighted by Gasteiger charge is -2.21. The molecule has 0 bridgehead atoms. The largest absolute Gasteiger partial charge is 0.337 e. The Morgan fingerprint density at radius 1 is 0.352 bits per heavy atom. The monoisotopic (exact) mass is 689 g/mol. The van der Waals surface area contributed by atoms with Crippen LogP contribution in [-0.2, 0) is 12.8 Å². The Labute approximate surface area is 313 Å². The molecule has 2 aromatic heterocycles. The number of anilines is 2. The zero-order chi connectivity index (χ0) is 35.3. The number of aromatic nitrogens is 2. The van der Waals surface area contributed by atoms with E-state index in [1.807, 2.05) is 0 Å². The van der Waals surface area contributed by atoms with E-state index < -0.39 is 0 Å². The first kappa shape index (κ1) is 29.7. The van der Waals surface area contributed by atoms with Crippen molar-refractivity contribution in [3.05, 3.63) is 193 Å². The molecule has 2 aliphatic rings. The molecule has 3 heteroatoms. The van der Waals surface area contributed by atoms with Crippen LogP contribution in [0.5, 0.6) is 0 Å². The Morgan fingerprint density at radius 3 is 1.26 bits per heavy atom. The second kappa shape index (κ2) is 11.3. The summed E-state index contributed by atoms with van der Waals surface area (Å²) in [6, 6.07) is 67.2. The lowest BCUT2D eigenvalue weighted by molar-refractivity contribution is 0.728. The molecular formula is C51H35N3. The first-order chi connectivity index (χ1) is 26.8. The van der Waals surface area contributed by atoms with E-state index in [-0.39, 0.29) is 0 Å². The highest BCUT2D eigenvalue weighted by atomic mass is 15.2. The highest BCUT2D eigenvalue weighted by Gasteiger charge is 2.40. The van der Waals surface area contributed by atoms with Gasteiger partial charge in [0.2, 0.25) is 0 Å². The van der Waals surface area contributed by atoms with Crippen molar-refractivity contribution < 1.29 is 0 Å². The summed E-state index contributed by atoms with van der Waals surface area (Å²) in [6.45, 7) is 0. The fourth-order valence-electron chi connectivity index (χ4n) is 9.82. The van der Waals surface area contributed by atoms with E-state index >= 15 is 0 Å². The van der Waals surface area contributed by atoms with Crippen LogP contribution in [0, 0.1) is 0 Å². The highest BCUT2D eigenvalue weighted by molar-refractivity contribution is 6.15. The Bertz CT molecular complexity index is 2900. The van der Waals surface area contributed by atoms with Crippen LogP contribution in [0.25, 0.3) is 77.2 Å². The minimum absolute atomic E-state index is 0.387. The lowest BCUT2D eigenvalue weighted by atomic mass is 9.97. The van der Waals surface area contributed by atoms with Gasteiger partial charge in [0.1, 0.15) is 0 Å². The van der Waals surface area contributed by atoms with Gasteiger partial charge in [-0.15, -0.1) is 0 Å². The number of hydrogen-bond acceptors (Lipinski definition) is 1. The first-order valence-electron chi connectivity index (χ1n) is 19.0. The predicted octanol–water partition coefficient (Wildman–Crippen LogP) is 12.8. The topological polar surface area (TPSA) is 13.1 Å². The molecule has 54 heavy (non-hydrogen) atoms. The number of rotatable bonds is 4. The third kappa shape index (κ3) is 4.18. The summed E-state index contributed by atoms with van der Waals surface area (Å²) < 4.78 is 4.94. The molecule has 0 amide bonds. The minimum Gasteiger partial charge on any atom is -0.337 e. The summed E-state index contributed by atoms with van der Waals surface area (Å²) >= 11 is 0. The van der Waals surface area contributed by atoms with Gasteiger partial charge in [-0.1, -0.05) is 121 Å². The quantitative estimate of drug-likeness (QED) is 0.179. The number of nitrogens with zero attached hydrogens (tertiary/aromatic N) is 3. The van der Waals surface area contributed by atoms with E-state index in [4.69, 9.17) is 0 Å². The van der Waals surface area contributed by atoms with Gasteiger partial charge < -0.3 is 14.0 Å². The molecule has 0 atom stereocenters. The highest BCUT2D eigenvalue weighted by Crippen LogP contribution is 2.52. The third-order valence-corrected chi connectivity index (χ3v) is 12.0. The average molecular weight is 690 g/mol. The summed E-state index contributed by atoms with van der Waals surface area (Å²) in [5.41, 5.74) is 18.0. The van der Waals surface area contributed by atoms with Crippen molar-refractivity contribution in [1.82, 2.24) is 9.13 Å². The van der Waals surface area contributed by atoms with Crippen molar-refractivity contribution in [2.45, 2.75) is 18.9 Å². The van der Waals surface area contributed by atoms with Gasteiger partial charge >= 0.3 is 0 Å². The van der Waals surface area contributed by atoms with E-state index in [9.17, 15) is 0 Å². The molecule has 0 saturated heterocycles. The maximum atomic E-state index is 2.66. The number of para-hydroxylation sites is 2. The molecule has 8 aromatic carbocycles. The van der Waals surface area contributed by atoms with Gasteiger partial charge in [-0.25, -0.2) is 0 Å². The van der Waals surface area contributed by atoms with Gasteiger partial charge in [0, 0.05) is 50.3 Å².